The van der Waals surface area contributed by atoms with Crippen LogP contribution in [0.15, 0.2) is 41.0 Å². The molecule has 1 unspecified atom stereocenters. The van der Waals surface area contributed by atoms with E-state index in [0.717, 1.165) is 25.3 Å². The zero-order valence-electron chi connectivity index (χ0n) is 10.8. The maximum Gasteiger partial charge on any atom is 0.160 e. The first kappa shape index (κ1) is 13.8. The summed E-state index contributed by atoms with van der Waals surface area (Å²) in [7, 11) is 0. The third-order valence-electron chi connectivity index (χ3n) is 3.45. The lowest BCUT2D eigenvalue weighted by Crippen LogP contribution is -2.21. The Labute approximate surface area is 127 Å². The van der Waals surface area contributed by atoms with Crippen molar-refractivity contribution >= 4 is 23.2 Å². The van der Waals surface area contributed by atoms with Gasteiger partial charge in [-0.3, -0.25) is 0 Å². The molecule has 1 N–H and O–H groups in total. The van der Waals surface area contributed by atoms with Gasteiger partial charge >= 0.3 is 0 Å². The average molecular weight is 312 g/mol. The van der Waals surface area contributed by atoms with Crippen LogP contribution in [0.3, 0.4) is 0 Å². The molecular weight excluding hydrogens is 297 g/mol. The fraction of sp³-hybridized carbons (Fsp3) is 0.333. The molecule has 3 nitrogen and oxygen atoms in total. The van der Waals surface area contributed by atoms with Gasteiger partial charge in [-0.15, -0.1) is 0 Å². The van der Waals surface area contributed by atoms with Gasteiger partial charge in [0.25, 0.3) is 0 Å². The van der Waals surface area contributed by atoms with Gasteiger partial charge in [-0.25, -0.2) is 0 Å². The summed E-state index contributed by atoms with van der Waals surface area (Å²) < 4.78 is 11.6. The molecule has 5 heteroatoms. The summed E-state index contributed by atoms with van der Waals surface area (Å²) in [4.78, 5) is 0. The molecule has 20 heavy (non-hydrogen) atoms. The summed E-state index contributed by atoms with van der Waals surface area (Å²) in [6.07, 6.45) is 2.59. The van der Waals surface area contributed by atoms with Crippen LogP contribution in [0.4, 0.5) is 0 Å². The Kier molecular flexibility index (Phi) is 4.20. The first-order chi connectivity index (χ1) is 9.72. The van der Waals surface area contributed by atoms with Crippen LogP contribution in [0.1, 0.15) is 18.3 Å². The first-order valence-electron chi connectivity index (χ1n) is 6.59. The van der Waals surface area contributed by atoms with E-state index in [4.69, 9.17) is 32.4 Å². The van der Waals surface area contributed by atoms with Gasteiger partial charge in [0.2, 0.25) is 0 Å². The minimum Gasteiger partial charge on any atom is -0.482 e. The molecule has 1 aliphatic heterocycles. The third kappa shape index (κ3) is 3.11. The number of hydrogen-bond donors (Lipinski definition) is 1. The van der Waals surface area contributed by atoms with E-state index in [-0.39, 0.29) is 6.10 Å². The fourth-order valence-corrected chi connectivity index (χ4v) is 3.02. The van der Waals surface area contributed by atoms with Gasteiger partial charge in [-0.1, -0.05) is 23.2 Å². The second-order valence-corrected chi connectivity index (χ2v) is 5.78. The molecule has 0 amide bonds. The molecule has 2 heterocycles. The zero-order valence-corrected chi connectivity index (χ0v) is 12.3. The monoisotopic (exact) mass is 311 g/mol. The Bertz CT molecular complexity index is 545. The maximum absolute atomic E-state index is 6.10. The third-order valence-corrected chi connectivity index (χ3v) is 3.89. The molecule has 0 aliphatic carbocycles. The normalized spacial score (nSPS) is 20.0. The van der Waals surface area contributed by atoms with Crippen LogP contribution in [0.2, 0.25) is 10.0 Å². The van der Waals surface area contributed by atoms with Crippen molar-refractivity contribution in [2.24, 2.45) is 5.92 Å². The van der Waals surface area contributed by atoms with E-state index in [1.54, 1.807) is 24.5 Å². The molecule has 0 bridgehead atoms. The Hall–Kier alpha value is -1.16. The van der Waals surface area contributed by atoms with Crippen LogP contribution < -0.4 is 10.1 Å². The highest BCUT2D eigenvalue weighted by atomic mass is 35.5. The van der Waals surface area contributed by atoms with Crippen molar-refractivity contribution in [2.75, 3.05) is 13.1 Å². The molecule has 2 aromatic rings. The van der Waals surface area contributed by atoms with Crippen LogP contribution >= 0.6 is 23.2 Å². The van der Waals surface area contributed by atoms with E-state index in [2.05, 4.69) is 5.32 Å². The second-order valence-electron chi connectivity index (χ2n) is 4.91. The van der Waals surface area contributed by atoms with Gasteiger partial charge < -0.3 is 14.5 Å². The second kappa shape index (κ2) is 6.08. The minimum atomic E-state index is -0.130. The minimum absolute atomic E-state index is 0.130. The predicted octanol–water partition coefficient (Wildman–Crippen LogP) is 4.32. The fourth-order valence-electron chi connectivity index (χ4n) is 2.52. The van der Waals surface area contributed by atoms with Crippen LogP contribution in [-0.2, 0) is 0 Å². The van der Waals surface area contributed by atoms with Crippen LogP contribution in [0, 0.1) is 5.92 Å². The van der Waals surface area contributed by atoms with Crippen LogP contribution in [-0.4, -0.2) is 13.1 Å². The van der Waals surface area contributed by atoms with E-state index in [1.165, 1.54) is 0 Å². The summed E-state index contributed by atoms with van der Waals surface area (Å²) in [6.45, 7) is 1.92. The summed E-state index contributed by atoms with van der Waals surface area (Å²) in [5.41, 5.74) is 0. The predicted molar refractivity (Wildman–Crippen MR) is 79.5 cm³/mol. The number of benzene rings is 1. The van der Waals surface area contributed by atoms with E-state index >= 15 is 0 Å². The average Bonchev–Trinajstić information content (AvgIpc) is 3.08. The van der Waals surface area contributed by atoms with Crippen LogP contribution in [0.5, 0.6) is 5.75 Å². The molecule has 1 aromatic carbocycles. The number of nitrogens with one attached hydrogen (secondary N) is 1. The molecule has 0 saturated carbocycles. The lowest BCUT2D eigenvalue weighted by Gasteiger charge is -2.22. The summed E-state index contributed by atoms with van der Waals surface area (Å²) in [6, 6.07) is 9.04. The Balaban J connectivity index is 1.85. The Morgan fingerprint density at radius 2 is 2.05 bits per heavy atom. The van der Waals surface area contributed by atoms with Gasteiger partial charge in [0, 0.05) is 22.5 Å². The van der Waals surface area contributed by atoms with Crippen molar-refractivity contribution in [2.45, 2.75) is 12.5 Å². The molecule has 0 spiro atoms. The summed E-state index contributed by atoms with van der Waals surface area (Å²) in [5, 5.41) is 4.48. The SMILES string of the molecule is Clc1cc(Cl)cc(OC(c2ccco2)[C@H]2CCNC2)c1. The highest BCUT2D eigenvalue weighted by Crippen LogP contribution is 2.34. The number of ether oxygens (including phenoxy) is 1. The first-order valence-corrected chi connectivity index (χ1v) is 7.35. The van der Waals surface area contributed by atoms with Crippen molar-refractivity contribution in [3.63, 3.8) is 0 Å². The molecule has 0 radical (unpaired) electrons. The van der Waals surface area contributed by atoms with Crippen molar-refractivity contribution in [3.05, 3.63) is 52.4 Å². The van der Waals surface area contributed by atoms with Gasteiger partial charge in [-0.2, -0.15) is 0 Å². The maximum atomic E-state index is 6.10. The van der Waals surface area contributed by atoms with Crippen molar-refractivity contribution in [3.8, 4) is 5.75 Å². The Morgan fingerprint density at radius 1 is 1.25 bits per heavy atom. The summed E-state index contributed by atoms with van der Waals surface area (Å²) in [5.74, 6) is 1.87. The van der Waals surface area contributed by atoms with E-state index in [0.29, 0.717) is 21.7 Å². The summed E-state index contributed by atoms with van der Waals surface area (Å²) >= 11 is 12.0. The number of halogens is 2. The molecular formula is C15H15Cl2NO2. The molecule has 1 fully saturated rings. The highest BCUT2D eigenvalue weighted by molar-refractivity contribution is 6.34. The van der Waals surface area contributed by atoms with Gasteiger partial charge in [0.1, 0.15) is 11.5 Å². The lowest BCUT2D eigenvalue weighted by molar-refractivity contribution is 0.120. The van der Waals surface area contributed by atoms with Gasteiger partial charge in [0.15, 0.2) is 6.10 Å². The van der Waals surface area contributed by atoms with Crippen molar-refractivity contribution in [1.29, 1.82) is 0 Å². The zero-order chi connectivity index (χ0) is 13.9. The quantitative estimate of drug-likeness (QED) is 0.913. The number of hydrogen-bond acceptors (Lipinski definition) is 3. The molecule has 3 rings (SSSR count). The molecule has 2 atom stereocenters. The topological polar surface area (TPSA) is 34.4 Å². The van der Waals surface area contributed by atoms with E-state index < -0.39 is 0 Å². The highest BCUT2D eigenvalue weighted by Gasteiger charge is 2.30. The molecule has 1 saturated heterocycles. The van der Waals surface area contributed by atoms with Crippen LogP contribution in [0.25, 0.3) is 0 Å². The van der Waals surface area contributed by atoms with Gasteiger partial charge in [-0.05, 0) is 43.3 Å². The van der Waals surface area contributed by atoms with E-state index in [9.17, 15) is 0 Å². The van der Waals surface area contributed by atoms with E-state index in [1.807, 2.05) is 12.1 Å². The molecule has 106 valence electrons. The largest absolute Gasteiger partial charge is 0.482 e. The number of furan rings is 1. The molecule has 1 aromatic heterocycles. The number of rotatable bonds is 4. The van der Waals surface area contributed by atoms with Gasteiger partial charge in [0.05, 0.1) is 6.26 Å². The lowest BCUT2D eigenvalue weighted by atomic mass is 9.99. The van der Waals surface area contributed by atoms with Crippen molar-refractivity contribution < 1.29 is 9.15 Å². The smallest absolute Gasteiger partial charge is 0.160 e. The standard InChI is InChI=1S/C15H15Cl2NO2/c16-11-6-12(17)8-13(7-11)20-15(10-3-4-18-9-10)14-2-1-5-19-14/h1-2,5-8,10,15,18H,3-4,9H2/t10-,15?/m0/s1. The van der Waals surface area contributed by atoms with Crippen molar-refractivity contribution in [1.82, 2.24) is 5.32 Å². The molecule has 1 aliphatic rings. The Morgan fingerprint density at radius 3 is 2.65 bits per heavy atom.